The number of carbonyl (C=O) groups excluding carboxylic acids is 1. The minimum absolute atomic E-state index is 0.0163. The Kier molecular flexibility index (Phi) is 4.46. The maximum absolute atomic E-state index is 11.9. The number of benzene rings is 1. The molecule has 0 saturated heterocycles. The maximum atomic E-state index is 11.9. The summed E-state index contributed by atoms with van der Waals surface area (Å²) in [6.07, 6.45) is 2.11. The Balaban J connectivity index is 3.02. The molecule has 0 fully saturated rings. The Bertz CT molecular complexity index is 567. The van der Waals surface area contributed by atoms with Crippen molar-refractivity contribution in [3.05, 3.63) is 36.4 Å². The van der Waals surface area contributed by atoms with E-state index in [0.29, 0.717) is 6.42 Å². The lowest BCUT2D eigenvalue weighted by Gasteiger charge is -2.09. The summed E-state index contributed by atoms with van der Waals surface area (Å²) < 4.78 is 26.1. The standard InChI is InChI=1S/C11H15N3O3S/c1-2-3-6-14-18(16,17)10-5-4-8(11(13)15)7-9(10)12/h2,4-5,7,14H,1,3,6,12H2,(H2,13,15). The van der Waals surface area contributed by atoms with Crippen LogP contribution in [-0.2, 0) is 10.0 Å². The van der Waals surface area contributed by atoms with Crippen molar-refractivity contribution < 1.29 is 13.2 Å². The van der Waals surface area contributed by atoms with Crippen molar-refractivity contribution in [1.82, 2.24) is 4.72 Å². The minimum atomic E-state index is -3.68. The zero-order valence-corrected chi connectivity index (χ0v) is 10.5. The summed E-state index contributed by atoms with van der Waals surface area (Å²) in [5.74, 6) is -0.662. The average Bonchev–Trinajstić information content (AvgIpc) is 2.28. The Hall–Kier alpha value is -1.86. The number of primary amides is 1. The molecule has 0 atom stereocenters. The molecule has 5 N–H and O–H groups in total. The fourth-order valence-corrected chi connectivity index (χ4v) is 2.48. The van der Waals surface area contributed by atoms with Crippen LogP contribution in [0.4, 0.5) is 5.69 Å². The first-order valence-corrected chi connectivity index (χ1v) is 6.66. The highest BCUT2D eigenvalue weighted by atomic mass is 32.2. The van der Waals surface area contributed by atoms with Gasteiger partial charge in [-0.1, -0.05) is 6.08 Å². The van der Waals surface area contributed by atoms with E-state index in [1.165, 1.54) is 18.2 Å². The Morgan fingerprint density at radius 1 is 1.44 bits per heavy atom. The van der Waals surface area contributed by atoms with Crippen LogP contribution in [0.15, 0.2) is 35.7 Å². The van der Waals surface area contributed by atoms with Gasteiger partial charge in [-0.2, -0.15) is 0 Å². The number of hydrogen-bond acceptors (Lipinski definition) is 4. The van der Waals surface area contributed by atoms with E-state index >= 15 is 0 Å². The molecular weight excluding hydrogens is 254 g/mol. The molecule has 18 heavy (non-hydrogen) atoms. The number of anilines is 1. The maximum Gasteiger partial charge on any atom is 0.248 e. The first kappa shape index (κ1) is 14.2. The van der Waals surface area contributed by atoms with Crippen LogP contribution in [0, 0.1) is 0 Å². The molecular formula is C11H15N3O3S. The number of sulfonamides is 1. The largest absolute Gasteiger partial charge is 0.398 e. The van der Waals surface area contributed by atoms with Gasteiger partial charge in [0, 0.05) is 12.1 Å². The molecule has 98 valence electrons. The summed E-state index contributed by atoms with van der Waals surface area (Å²) in [4.78, 5) is 10.8. The highest BCUT2D eigenvalue weighted by molar-refractivity contribution is 7.89. The molecule has 0 unspecified atom stereocenters. The van der Waals surface area contributed by atoms with Crippen molar-refractivity contribution in [2.75, 3.05) is 12.3 Å². The van der Waals surface area contributed by atoms with Gasteiger partial charge in [-0.15, -0.1) is 6.58 Å². The minimum Gasteiger partial charge on any atom is -0.398 e. The van der Waals surface area contributed by atoms with E-state index in [-0.39, 0.29) is 22.7 Å². The summed E-state index contributed by atoms with van der Waals surface area (Å²) >= 11 is 0. The van der Waals surface area contributed by atoms with Gasteiger partial charge in [-0.3, -0.25) is 4.79 Å². The summed E-state index contributed by atoms with van der Waals surface area (Å²) in [6, 6.07) is 3.82. The molecule has 0 aliphatic rings. The molecule has 0 spiro atoms. The monoisotopic (exact) mass is 269 g/mol. The lowest BCUT2D eigenvalue weighted by atomic mass is 10.2. The van der Waals surface area contributed by atoms with Gasteiger partial charge < -0.3 is 11.5 Å². The number of amides is 1. The average molecular weight is 269 g/mol. The normalized spacial score (nSPS) is 11.1. The van der Waals surface area contributed by atoms with Gasteiger partial charge in [0.05, 0.1) is 5.69 Å². The lowest BCUT2D eigenvalue weighted by molar-refractivity contribution is 0.1000. The topological polar surface area (TPSA) is 115 Å². The fraction of sp³-hybridized carbons (Fsp3) is 0.182. The van der Waals surface area contributed by atoms with E-state index in [1.807, 2.05) is 0 Å². The molecule has 0 aliphatic heterocycles. The predicted octanol–water partition coefficient (Wildman–Crippen LogP) is 0.222. The third kappa shape index (κ3) is 3.31. The van der Waals surface area contributed by atoms with E-state index < -0.39 is 15.9 Å². The zero-order chi connectivity index (χ0) is 13.8. The van der Waals surface area contributed by atoms with Gasteiger partial charge in [0.25, 0.3) is 0 Å². The Morgan fingerprint density at radius 2 is 2.11 bits per heavy atom. The summed E-state index contributed by atoms with van der Waals surface area (Å²) in [5.41, 5.74) is 10.8. The zero-order valence-electron chi connectivity index (χ0n) is 9.72. The smallest absolute Gasteiger partial charge is 0.248 e. The third-order valence-electron chi connectivity index (χ3n) is 2.22. The van der Waals surface area contributed by atoms with Gasteiger partial charge >= 0.3 is 0 Å². The van der Waals surface area contributed by atoms with Crippen LogP contribution in [0.3, 0.4) is 0 Å². The van der Waals surface area contributed by atoms with Crippen LogP contribution in [0.2, 0.25) is 0 Å². The first-order valence-electron chi connectivity index (χ1n) is 5.18. The van der Waals surface area contributed by atoms with Crippen LogP contribution in [0.1, 0.15) is 16.8 Å². The van der Waals surface area contributed by atoms with Crippen LogP contribution in [0.5, 0.6) is 0 Å². The molecule has 1 rings (SSSR count). The molecule has 0 saturated carbocycles. The Morgan fingerprint density at radius 3 is 2.61 bits per heavy atom. The molecule has 1 aromatic carbocycles. The van der Waals surface area contributed by atoms with Gasteiger partial charge in [-0.25, -0.2) is 13.1 Å². The quantitative estimate of drug-likeness (QED) is 0.389. The van der Waals surface area contributed by atoms with Crippen LogP contribution in [0.25, 0.3) is 0 Å². The second-order valence-corrected chi connectivity index (χ2v) is 5.33. The molecule has 0 heterocycles. The molecule has 6 nitrogen and oxygen atoms in total. The molecule has 0 bridgehead atoms. The Labute approximate surface area is 106 Å². The van der Waals surface area contributed by atoms with Gasteiger partial charge in [0.1, 0.15) is 4.90 Å². The van der Waals surface area contributed by atoms with E-state index in [9.17, 15) is 13.2 Å². The molecule has 0 aliphatic carbocycles. The van der Waals surface area contributed by atoms with E-state index in [2.05, 4.69) is 11.3 Å². The summed E-state index contributed by atoms with van der Waals surface area (Å²) in [7, 11) is -3.68. The molecule has 1 aromatic rings. The number of nitrogen functional groups attached to an aromatic ring is 1. The second kappa shape index (κ2) is 5.65. The van der Waals surface area contributed by atoms with Crippen LogP contribution < -0.4 is 16.2 Å². The fourth-order valence-electron chi connectivity index (χ4n) is 1.32. The van der Waals surface area contributed by atoms with Crippen molar-refractivity contribution in [3.8, 4) is 0 Å². The predicted molar refractivity (Wildman–Crippen MR) is 69.4 cm³/mol. The molecule has 1 amide bonds. The van der Waals surface area contributed by atoms with E-state index in [0.717, 1.165) is 0 Å². The summed E-state index contributed by atoms with van der Waals surface area (Å²) in [6.45, 7) is 3.73. The number of hydrogen-bond donors (Lipinski definition) is 3. The van der Waals surface area contributed by atoms with Crippen molar-refractivity contribution in [1.29, 1.82) is 0 Å². The molecule has 0 aromatic heterocycles. The highest BCUT2D eigenvalue weighted by Gasteiger charge is 2.17. The number of nitrogens with two attached hydrogens (primary N) is 2. The number of nitrogens with one attached hydrogen (secondary N) is 1. The molecule has 7 heteroatoms. The number of rotatable bonds is 6. The van der Waals surface area contributed by atoms with Crippen LogP contribution in [-0.4, -0.2) is 20.9 Å². The molecule has 0 radical (unpaired) electrons. The van der Waals surface area contributed by atoms with E-state index in [1.54, 1.807) is 6.08 Å². The number of carbonyl (C=O) groups is 1. The van der Waals surface area contributed by atoms with Crippen molar-refractivity contribution in [3.63, 3.8) is 0 Å². The third-order valence-corrected chi connectivity index (χ3v) is 3.76. The van der Waals surface area contributed by atoms with Crippen molar-refractivity contribution >= 4 is 21.6 Å². The lowest BCUT2D eigenvalue weighted by Crippen LogP contribution is -2.25. The van der Waals surface area contributed by atoms with Crippen molar-refractivity contribution in [2.45, 2.75) is 11.3 Å². The van der Waals surface area contributed by atoms with Gasteiger partial charge in [0.2, 0.25) is 15.9 Å². The highest BCUT2D eigenvalue weighted by Crippen LogP contribution is 2.19. The van der Waals surface area contributed by atoms with Crippen LogP contribution >= 0.6 is 0 Å². The van der Waals surface area contributed by atoms with Gasteiger partial charge in [-0.05, 0) is 24.6 Å². The second-order valence-electron chi connectivity index (χ2n) is 3.59. The SMILES string of the molecule is C=CCCNS(=O)(=O)c1ccc(C(N)=O)cc1N. The van der Waals surface area contributed by atoms with Gasteiger partial charge in [0.15, 0.2) is 0 Å². The summed E-state index contributed by atoms with van der Waals surface area (Å²) in [5, 5.41) is 0. The van der Waals surface area contributed by atoms with E-state index in [4.69, 9.17) is 11.5 Å². The first-order chi connectivity index (χ1) is 8.38. The van der Waals surface area contributed by atoms with Crippen molar-refractivity contribution in [2.24, 2.45) is 5.73 Å².